The van der Waals surface area contributed by atoms with Crippen molar-refractivity contribution in [2.24, 2.45) is 0 Å². The van der Waals surface area contributed by atoms with E-state index in [0.717, 1.165) is 12.5 Å². The Balaban J connectivity index is 3.26. The Hall–Kier alpha value is -0.690. The van der Waals surface area contributed by atoms with Gasteiger partial charge >= 0.3 is 0 Å². The molecule has 0 amide bonds. The van der Waals surface area contributed by atoms with E-state index in [2.05, 4.69) is 4.72 Å². The zero-order chi connectivity index (χ0) is 15.6. The molecular formula is C13H19ClFNO3S. The number of aliphatic hydroxyl groups is 1. The number of benzene rings is 1. The first-order valence-electron chi connectivity index (χ1n) is 6.25. The molecule has 0 atom stereocenters. The molecule has 20 heavy (non-hydrogen) atoms. The molecule has 0 aliphatic carbocycles. The number of aliphatic hydroxyl groups excluding tert-OH is 1. The zero-order valence-electron chi connectivity index (χ0n) is 11.7. The lowest BCUT2D eigenvalue weighted by atomic mass is 10.0. The molecule has 0 heterocycles. The van der Waals surface area contributed by atoms with E-state index in [1.807, 2.05) is 6.92 Å². The molecule has 7 heteroatoms. The van der Waals surface area contributed by atoms with Crippen molar-refractivity contribution in [3.8, 4) is 0 Å². The Labute approximate surface area is 124 Å². The van der Waals surface area contributed by atoms with Crippen molar-refractivity contribution in [2.45, 2.75) is 50.7 Å². The molecule has 0 fully saturated rings. The highest BCUT2D eigenvalue weighted by molar-refractivity contribution is 7.89. The highest BCUT2D eigenvalue weighted by Gasteiger charge is 2.29. The summed E-state index contributed by atoms with van der Waals surface area (Å²) in [5, 5.41) is 9.10. The molecule has 0 aliphatic heterocycles. The van der Waals surface area contributed by atoms with Crippen molar-refractivity contribution in [1.82, 2.24) is 4.72 Å². The largest absolute Gasteiger partial charge is 0.392 e. The minimum Gasteiger partial charge on any atom is -0.392 e. The SMILES string of the molecule is CCCC(C)(C)NS(=O)(=O)c1cc(Cl)cc(CO)c1F. The Morgan fingerprint density at radius 1 is 1.40 bits per heavy atom. The number of halogens is 2. The van der Waals surface area contributed by atoms with Gasteiger partial charge in [0, 0.05) is 16.1 Å². The normalized spacial score (nSPS) is 12.7. The van der Waals surface area contributed by atoms with Gasteiger partial charge in [-0.2, -0.15) is 0 Å². The molecule has 0 radical (unpaired) electrons. The van der Waals surface area contributed by atoms with E-state index < -0.39 is 32.9 Å². The summed E-state index contributed by atoms with van der Waals surface area (Å²) >= 11 is 5.77. The van der Waals surface area contributed by atoms with Crippen LogP contribution in [0.2, 0.25) is 5.02 Å². The van der Waals surface area contributed by atoms with Crippen LogP contribution in [0.4, 0.5) is 4.39 Å². The quantitative estimate of drug-likeness (QED) is 0.846. The van der Waals surface area contributed by atoms with Crippen molar-refractivity contribution in [3.63, 3.8) is 0 Å². The number of hydrogen-bond acceptors (Lipinski definition) is 3. The minimum atomic E-state index is -4.05. The predicted octanol–water partition coefficient (Wildman–Crippen LogP) is 2.83. The lowest BCUT2D eigenvalue weighted by Gasteiger charge is -2.25. The summed E-state index contributed by atoms with van der Waals surface area (Å²) in [7, 11) is -4.05. The van der Waals surface area contributed by atoms with Gasteiger partial charge < -0.3 is 5.11 Å². The van der Waals surface area contributed by atoms with Gasteiger partial charge in [-0.25, -0.2) is 17.5 Å². The van der Waals surface area contributed by atoms with Gasteiger partial charge in [0.25, 0.3) is 0 Å². The van der Waals surface area contributed by atoms with Gasteiger partial charge in [0.1, 0.15) is 10.7 Å². The lowest BCUT2D eigenvalue weighted by Crippen LogP contribution is -2.43. The van der Waals surface area contributed by atoms with E-state index in [0.29, 0.717) is 6.42 Å². The summed E-state index contributed by atoms with van der Waals surface area (Å²) in [5.41, 5.74) is -0.840. The average molecular weight is 324 g/mol. The Morgan fingerprint density at radius 2 is 2.00 bits per heavy atom. The molecule has 2 N–H and O–H groups in total. The second-order valence-electron chi connectivity index (χ2n) is 5.27. The van der Waals surface area contributed by atoms with Gasteiger partial charge in [-0.15, -0.1) is 0 Å². The lowest BCUT2D eigenvalue weighted by molar-refractivity contribution is 0.274. The minimum absolute atomic E-state index is 0.0594. The zero-order valence-corrected chi connectivity index (χ0v) is 13.3. The second kappa shape index (κ2) is 6.39. The molecule has 0 aromatic heterocycles. The van der Waals surface area contributed by atoms with Crippen LogP contribution in [-0.2, 0) is 16.6 Å². The van der Waals surface area contributed by atoms with E-state index in [4.69, 9.17) is 16.7 Å². The van der Waals surface area contributed by atoms with Crippen LogP contribution in [0.15, 0.2) is 17.0 Å². The molecule has 114 valence electrons. The summed E-state index contributed by atoms with van der Waals surface area (Å²) in [6.07, 6.45) is 1.40. The van der Waals surface area contributed by atoms with E-state index in [9.17, 15) is 12.8 Å². The molecule has 1 rings (SSSR count). The van der Waals surface area contributed by atoms with Gasteiger partial charge in [0.15, 0.2) is 0 Å². The first kappa shape index (κ1) is 17.4. The third-order valence-corrected chi connectivity index (χ3v) is 4.74. The third-order valence-electron chi connectivity index (χ3n) is 2.82. The van der Waals surface area contributed by atoms with Crippen LogP contribution in [0.3, 0.4) is 0 Å². The smallest absolute Gasteiger partial charge is 0.244 e. The van der Waals surface area contributed by atoms with E-state index in [1.54, 1.807) is 13.8 Å². The van der Waals surface area contributed by atoms with Crippen LogP contribution < -0.4 is 4.72 Å². The first-order valence-corrected chi connectivity index (χ1v) is 8.12. The van der Waals surface area contributed by atoms with E-state index >= 15 is 0 Å². The van der Waals surface area contributed by atoms with Crippen molar-refractivity contribution in [2.75, 3.05) is 0 Å². The summed E-state index contributed by atoms with van der Waals surface area (Å²) in [6, 6.07) is 2.24. The molecule has 4 nitrogen and oxygen atoms in total. The molecule has 0 aliphatic rings. The maximum atomic E-state index is 14.1. The van der Waals surface area contributed by atoms with Gasteiger partial charge in [-0.05, 0) is 32.4 Å². The monoisotopic (exact) mass is 323 g/mol. The third kappa shape index (κ3) is 4.15. The molecular weight excluding hydrogens is 305 g/mol. The number of nitrogens with one attached hydrogen (secondary N) is 1. The summed E-state index contributed by atoms with van der Waals surface area (Å²) < 4.78 is 41.1. The van der Waals surface area contributed by atoms with Crippen LogP contribution >= 0.6 is 11.6 Å². The fourth-order valence-corrected chi connectivity index (χ4v) is 3.92. The highest BCUT2D eigenvalue weighted by atomic mass is 35.5. The van der Waals surface area contributed by atoms with Crippen molar-refractivity contribution in [3.05, 3.63) is 28.5 Å². The van der Waals surface area contributed by atoms with Gasteiger partial charge in [-0.1, -0.05) is 24.9 Å². The number of sulfonamides is 1. The standard InChI is InChI=1S/C13H19ClFNO3S/c1-4-5-13(2,3)16-20(18,19)11-7-10(14)6-9(8-17)12(11)15/h6-7,16-17H,4-5,8H2,1-3H3. The van der Waals surface area contributed by atoms with Gasteiger partial charge in [0.2, 0.25) is 10.0 Å². The summed E-state index contributed by atoms with van der Waals surface area (Å²) in [6.45, 7) is 4.76. The highest BCUT2D eigenvalue weighted by Crippen LogP contribution is 2.25. The average Bonchev–Trinajstić information content (AvgIpc) is 2.29. The summed E-state index contributed by atoms with van der Waals surface area (Å²) in [5.74, 6) is -0.975. The van der Waals surface area contributed by atoms with Crippen LogP contribution in [0, 0.1) is 5.82 Å². The maximum absolute atomic E-state index is 14.1. The molecule has 0 saturated carbocycles. The van der Waals surface area contributed by atoms with Crippen molar-refractivity contribution >= 4 is 21.6 Å². The van der Waals surface area contributed by atoms with Gasteiger partial charge in [0.05, 0.1) is 6.61 Å². The Morgan fingerprint density at radius 3 is 2.50 bits per heavy atom. The maximum Gasteiger partial charge on any atom is 0.244 e. The van der Waals surface area contributed by atoms with Crippen molar-refractivity contribution in [1.29, 1.82) is 0 Å². The Bertz CT molecular complexity index is 588. The van der Waals surface area contributed by atoms with E-state index in [1.165, 1.54) is 6.07 Å². The van der Waals surface area contributed by atoms with Crippen molar-refractivity contribution < 1.29 is 17.9 Å². The fourth-order valence-electron chi connectivity index (χ4n) is 2.02. The molecule has 0 spiro atoms. The molecule has 0 saturated heterocycles. The summed E-state index contributed by atoms with van der Waals surface area (Å²) in [4.78, 5) is -0.543. The number of rotatable bonds is 6. The Kier molecular flexibility index (Phi) is 5.54. The first-order chi connectivity index (χ1) is 9.13. The van der Waals surface area contributed by atoms with Crippen LogP contribution in [-0.4, -0.2) is 19.1 Å². The second-order valence-corrected chi connectivity index (χ2v) is 7.36. The van der Waals surface area contributed by atoms with E-state index in [-0.39, 0.29) is 10.6 Å². The fraction of sp³-hybridized carbons (Fsp3) is 0.538. The van der Waals surface area contributed by atoms with Gasteiger partial charge in [-0.3, -0.25) is 0 Å². The molecule has 1 aromatic carbocycles. The molecule has 1 aromatic rings. The molecule has 0 bridgehead atoms. The van der Waals surface area contributed by atoms with Crippen LogP contribution in [0.25, 0.3) is 0 Å². The molecule has 0 unspecified atom stereocenters. The topological polar surface area (TPSA) is 66.4 Å². The van der Waals surface area contributed by atoms with Crippen LogP contribution in [0.5, 0.6) is 0 Å². The number of hydrogen-bond donors (Lipinski definition) is 2. The van der Waals surface area contributed by atoms with Crippen LogP contribution in [0.1, 0.15) is 39.2 Å². The predicted molar refractivity (Wildman–Crippen MR) is 76.6 cm³/mol.